The molecule has 2 amide bonds. The molecule has 3 N–H and O–H groups in total. The molecule has 3 aromatic carbocycles. The van der Waals surface area contributed by atoms with Crippen LogP contribution in [0.25, 0.3) is 0 Å². The zero-order valence-electron chi connectivity index (χ0n) is 21.2. The van der Waals surface area contributed by atoms with Gasteiger partial charge < -0.3 is 15.1 Å². The van der Waals surface area contributed by atoms with E-state index in [1.807, 2.05) is 54.6 Å². The zero-order chi connectivity index (χ0) is 26.6. The highest BCUT2D eigenvalue weighted by molar-refractivity contribution is 7.98. The smallest absolute Gasteiger partial charge is 0.247 e. The second-order valence-electron chi connectivity index (χ2n) is 8.76. The van der Waals surface area contributed by atoms with Crippen molar-refractivity contribution in [3.05, 3.63) is 95.3 Å². The summed E-state index contributed by atoms with van der Waals surface area (Å²) < 4.78 is 14.2. The number of nitrogens with zero attached hydrogens (tertiary/aromatic N) is 1. The molecule has 8 heteroatoms. The molecule has 4 rings (SSSR count). The maximum absolute atomic E-state index is 14.2. The number of nitrogens with two attached hydrogens (primary N) is 1. The molecule has 0 spiro atoms. The van der Waals surface area contributed by atoms with Gasteiger partial charge in [-0.2, -0.15) is 5.90 Å². The first-order valence-corrected chi connectivity index (χ1v) is 13.6. The third-order valence-corrected chi connectivity index (χ3v) is 6.88. The lowest BCUT2D eigenvalue weighted by Gasteiger charge is -2.29. The van der Waals surface area contributed by atoms with Crippen molar-refractivity contribution < 1.29 is 18.8 Å². The summed E-state index contributed by atoms with van der Waals surface area (Å²) in [5, 5.41) is 2.89. The van der Waals surface area contributed by atoms with Crippen molar-refractivity contribution in [1.82, 2.24) is 10.2 Å². The van der Waals surface area contributed by atoms with Gasteiger partial charge in [0, 0.05) is 23.0 Å². The van der Waals surface area contributed by atoms with Crippen LogP contribution in [0.2, 0.25) is 0 Å². The number of nitrogens with one attached hydrogen (secondary N) is 1. The van der Waals surface area contributed by atoms with E-state index in [0.29, 0.717) is 29.2 Å². The van der Waals surface area contributed by atoms with Crippen molar-refractivity contribution in [1.29, 1.82) is 0 Å². The van der Waals surface area contributed by atoms with Gasteiger partial charge in [-0.3, -0.25) is 9.59 Å². The third kappa shape index (κ3) is 8.06. The maximum atomic E-state index is 14.2. The van der Waals surface area contributed by atoms with Crippen molar-refractivity contribution in [3.63, 3.8) is 0 Å². The molecule has 1 atom stereocenters. The Hall–Kier alpha value is -3.36. The highest BCUT2D eigenvalue weighted by atomic mass is 32.2. The maximum Gasteiger partial charge on any atom is 0.247 e. The minimum Gasteiger partial charge on any atom is -0.412 e. The molecule has 1 unspecified atom stereocenters. The van der Waals surface area contributed by atoms with Gasteiger partial charge >= 0.3 is 0 Å². The highest BCUT2D eigenvalue weighted by Gasteiger charge is 2.38. The number of rotatable bonds is 11. The first-order chi connectivity index (χ1) is 18.0. The summed E-state index contributed by atoms with van der Waals surface area (Å²) in [6.07, 6.45) is 6.49. The molecule has 3 aromatic rings. The second kappa shape index (κ2) is 14.4. The first-order valence-electron chi connectivity index (χ1n) is 12.3. The van der Waals surface area contributed by atoms with Gasteiger partial charge in [-0.1, -0.05) is 67.9 Å². The van der Waals surface area contributed by atoms with Crippen LogP contribution in [0.3, 0.4) is 0 Å². The Kier molecular flexibility index (Phi) is 11.0. The van der Waals surface area contributed by atoms with Gasteiger partial charge in [-0.25, -0.2) is 4.39 Å². The monoisotopic (exact) mass is 523 g/mol. The Morgan fingerprint density at radius 3 is 2.38 bits per heavy atom. The molecule has 1 aliphatic carbocycles. The van der Waals surface area contributed by atoms with E-state index in [1.54, 1.807) is 18.4 Å². The number of carbonyl (C=O) groups is 2. The first kappa shape index (κ1) is 28.2. The molecule has 0 aliphatic heterocycles. The van der Waals surface area contributed by atoms with Gasteiger partial charge in [0.1, 0.15) is 17.6 Å². The molecule has 0 heterocycles. The molecule has 0 saturated heterocycles. The van der Waals surface area contributed by atoms with Crippen LogP contribution in [-0.4, -0.2) is 29.5 Å². The Balaban J connectivity index is 0.000000289. The molecule has 37 heavy (non-hydrogen) atoms. The van der Waals surface area contributed by atoms with Crippen LogP contribution in [0.5, 0.6) is 5.75 Å². The second-order valence-corrected chi connectivity index (χ2v) is 9.58. The van der Waals surface area contributed by atoms with Crippen molar-refractivity contribution in [2.75, 3.05) is 6.26 Å². The summed E-state index contributed by atoms with van der Waals surface area (Å²) in [7, 11) is 0. The number of hydrogen-bond acceptors (Lipinski definition) is 5. The molecule has 6 nitrogen and oxygen atoms in total. The molecular weight excluding hydrogens is 489 g/mol. The summed E-state index contributed by atoms with van der Waals surface area (Å²) in [6.45, 7) is 2.52. The Bertz CT molecular complexity index is 1140. The summed E-state index contributed by atoms with van der Waals surface area (Å²) in [6, 6.07) is 21.3. The lowest BCUT2D eigenvalue weighted by Crippen LogP contribution is -2.41. The highest BCUT2D eigenvalue weighted by Crippen LogP contribution is 2.37. The summed E-state index contributed by atoms with van der Waals surface area (Å²) in [4.78, 5) is 31.2. The molecular formula is C29H34FN3O3S. The predicted molar refractivity (Wildman–Crippen MR) is 145 cm³/mol. The molecule has 0 bridgehead atoms. The van der Waals surface area contributed by atoms with Crippen LogP contribution in [0.4, 0.5) is 4.39 Å². The minimum absolute atomic E-state index is 0.0398. The van der Waals surface area contributed by atoms with Crippen LogP contribution in [0, 0.1) is 5.82 Å². The topological polar surface area (TPSA) is 84.7 Å². The molecule has 1 fully saturated rings. The Morgan fingerprint density at radius 1 is 1.11 bits per heavy atom. The van der Waals surface area contributed by atoms with E-state index >= 15 is 0 Å². The normalized spacial score (nSPS) is 13.1. The van der Waals surface area contributed by atoms with Crippen LogP contribution < -0.4 is 16.1 Å². The van der Waals surface area contributed by atoms with E-state index in [0.717, 1.165) is 24.8 Å². The average Bonchev–Trinajstić information content (AvgIpc) is 3.77. The summed E-state index contributed by atoms with van der Waals surface area (Å²) in [5.74, 6) is 5.01. The number of amides is 2. The number of thioether (sulfide) groups is 1. The van der Waals surface area contributed by atoms with Crippen LogP contribution in [0.15, 0.2) is 77.7 Å². The largest absolute Gasteiger partial charge is 0.412 e. The van der Waals surface area contributed by atoms with Crippen LogP contribution in [0.1, 0.15) is 48.9 Å². The fourth-order valence-corrected chi connectivity index (χ4v) is 4.71. The van der Waals surface area contributed by atoms with Crippen molar-refractivity contribution in [2.24, 2.45) is 5.90 Å². The summed E-state index contributed by atoms with van der Waals surface area (Å²) >= 11 is 1.24. The Labute approximate surface area is 222 Å². The minimum atomic E-state index is -0.832. The number of halogens is 1. The molecule has 1 saturated carbocycles. The van der Waals surface area contributed by atoms with Gasteiger partial charge in [0.25, 0.3) is 0 Å². The van der Waals surface area contributed by atoms with E-state index in [-0.39, 0.29) is 17.8 Å². The molecule has 0 aromatic heterocycles. The molecule has 0 radical (unpaired) electrons. The van der Waals surface area contributed by atoms with E-state index in [4.69, 9.17) is 5.90 Å². The third-order valence-electron chi connectivity index (χ3n) is 6.04. The van der Waals surface area contributed by atoms with Crippen molar-refractivity contribution >= 4 is 24.1 Å². The lowest BCUT2D eigenvalue weighted by atomic mass is 10.0. The van der Waals surface area contributed by atoms with E-state index in [2.05, 4.69) is 17.1 Å². The van der Waals surface area contributed by atoms with Crippen molar-refractivity contribution in [2.45, 2.75) is 56.1 Å². The molecule has 1 aliphatic rings. The van der Waals surface area contributed by atoms with E-state index < -0.39 is 6.04 Å². The quantitative estimate of drug-likeness (QED) is 0.199. The molecule has 196 valence electrons. The van der Waals surface area contributed by atoms with E-state index in [9.17, 15) is 14.0 Å². The summed E-state index contributed by atoms with van der Waals surface area (Å²) in [5.41, 5.74) is 2.82. The number of carbonyl (C=O) groups excluding carboxylic acids is 2. The van der Waals surface area contributed by atoms with Gasteiger partial charge in [0.2, 0.25) is 12.3 Å². The van der Waals surface area contributed by atoms with Gasteiger partial charge in [0.05, 0.1) is 0 Å². The lowest BCUT2D eigenvalue weighted by molar-refractivity contribution is -0.134. The van der Waals surface area contributed by atoms with Crippen molar-refractivity contribution in [3.8, 4) is 5.75 Å². The average molecular weight is 524 g/mol. The van der Waals surface area contributed by atoms with Crippen LogP contribution >= 0.6 is 11.8 Å². The van der Waals surface area contributed by atoms with Gasteiger partial charge in [-0.15, -0.1) is 11.8 Å². The van der Waals surface area contributed by atoms with Gasteiger partial charge in [0.15, 0.2) is 0 Å². The number of aryl methyl sites for hydroxylation is 1. The fraction of sp³-hybridized carbons (Fsp3) is 0.310. The van der Waals surface area contributed by atoms with Crippen LogP contribution in [-0.2, 0) is 22.6 Å². The number of benzene rings is 3. The SMILES string of the molecule is CCCc1ccc(ON)cc1.CSc1c(F)cccc1C(C(=O)NCc1ccccc1)N(C=O)C1CC1. The van der Waals surface area contributed by atoms with E-state index in [1.165, 1.54) is 34.7 Å². The predicted octanol–water partition coefficient (Wildman–Crippen LogP) is 5.42. The van der Waals surface area contributed by atoms with Gasteiger partial charge in [-0.05, 0) is 54.8 Å². The fourth-order valence-electron chi connectivity index (χ4n) is 4.03. The Morgan fingerprint density at radius 2 is 1.81 bits per heavy atom. The standard InChI is InChI=1S/C20H21FN2O2S.C9H13NO/c1-26-19-16(8-5-9-17(19)21)18(23(13-24)15-10-11-15)20(25)22-12-14-6-3-2-4-7-14;1-2-3-8-4-6-9(11-10)7-5-8/h2-9,13,15,18H,10-12H2,1H3,(H,22,25);4-7H,2-3,10H2,1H3. The zero-order valence-corrected chi connectivity index (χ0v) is 22.0. The number of hydrogen-bond donors (Lipinski definition) is 2.